The van der Waals surface area contributed by atoms with Crippen LogP contribution in [0.5, 0.6) is 0 Å². The number of amides is 1. The summed E-state index contributed by atoms with van der Waals surface area (Å²) in [7, 11) is 3.34. The molecule has 1 aromatic carbocycles. The average molecular weight is 281 g/mol. The molecule has 6 nitrogen and oxygen atoms in total. The maximum atomic E-state index is 11.7. The number of methoxy groups -OCH3 is 2. The van der Waals surface area contributed by atoms with Crippen molar-refractivity contribution in [3.05, 3.63) is 35.4 Å². The molecule has 3 N–H and O–H groups in total. The first-order valence-electron chi connectivity index (χ1n) is 6.52. The van der Waals surface area contributed by atoms with Crippen LogP contribution < -0.4 is 11.3 Å². The van der Waals surface area contributed by atoms with Crippen LogP contribution >= 0.6 is 0 Å². The van der Waals surface area contributed by atoms with E-state index in [1.165, 1.54) is 0 Å². The second-order valence-electron chi connectivity index (χ2n) is 4.39. The largest absolute Gasteiger partial charge is 0.383 e. The van der Waals surface area contributed by atoms with Gasteiger partial charge in [0.15, 0.2) is 0 Å². The van der Waals surface area contributed by atoms with Crippen molar-refractivity contribution < 1.29 is 14.3 Å². The number of benzene rings is 1. The van der Waals surface area contributed by atoms with E-state index in [1.54, 1.807) is 20.3 Å². The molecule has 0 aliphatic carbocycles. The predicted octanol–water partition coefficient (Wildman–Crippen LogP) is 0.385. The molecule has 0 saturated carbocycles. The number of nitrogens with one attached hydrogen (secondary N) is 1. The second kappa shape index (κ2) is 9.44. The number of hydrogen-bond donors (Lipinski definition) is 2. The molecule has 0 atom stereocenters. The lowest BCUT2D eigenvalue weighted by Gasteiger charge is -2.22. The fourth-order valence-electron chi connectivity index (χ4n) is 1.91. The van der Waals surface area contributed by atoms with Gasteiger partial charge in [-0.2, -0.15) is 0 Å². The molecule has 0 aliphatic heterocycles. The number of hydrazine groups is 1. The number of carbonyl (C=O) groups is 1. The highest BCUT2D eigenvalue weighted by Crippen LogP contribution is 2.11. The summed E-state index contributed by atoms with van der Waals surface area (Å²) in [5.74, 6) is 4.93. The third-order valence-electron chi connectivity index (χ3n) is 3.01. The standard InChI is InChI=1S/C14H23N3O3/c1-19-9-7-17(8-10-20-2)11-12-5-3-4-6-13(12)14(18)16-15/h3-6H,7-11,15H2,1-2H3,(H,16,18). The molecule has 0 heterocycles. The number of hydrogen-bond acceptors (Lipinski definition) is 5. The van der Waals surface area contributed by atoms with Crippen molar-refractivity contribution in [3.8, 4) is 0 Å². The number of ether oxygens (including phenoxy) is 2. The molecule has 0 fully saturated rings. The van der Waals surface area contributed by atoms with E-state index in [4.69, 9.17) is 15.3 Å². The SMILES string of the molecule is COCCN(CCOC)Cc1ccccc1C(=O)NN. The molecule has 6 heteroatoms. The van der Waals surface area contributed by atoms with Crippen LogP contribution in [0, 0.1) is 0 Å². The van der Waals surface area contributed by atoms with Crippen molar-refractivity contribution in [1.29, 1.82) is 0 Å². The van der Waals surface area contributed by atoms with Crippen molar-refractivity contribution in [2.24, 2.45) is 5.84 Å². The number of nitrogen functional groups attached to an aromatic ring is 1. The third kappa shape index (κ3) is 5.26. The zero-order valence-electron chi connectivity index (χ0n) is 12.1. The zero-order valence-corrected chi connectivity index (χ0v) is 12.1. The van der Waals surface area contributed by atoms with Gasteiger partial charge in [-0.3, -0.25) is 15.1 Å². The number of carbonyl (C=O) groups excluding carboxylic acids is 1. The van der Waals surface area contributed by atoms with Gasteiger partial charge >= 0.3 is 0 Å². The lowest BCUT2D eigenvalue weighted by molar-refractivity contribution is 0.0947. The molecule has 1 aromatic rings. The summed E-state index contributed by atoms with van der Waals surface area (Å²) in [5.41, 5.74) is 3.70. The first-order chi connectivity index (χ1) is 9.72. The number of rotatable bonds is 9. The Kier molecular flexibility index (Phi) is 7.82. The van der Waals surface area contributed by atoms with E-state index in [0.717, 1.165) is 18.7 Å². The van der Waals surface area contributed by atoms with Crippen molar-refractivity contribution in [1.82, 2.24) is 10.3 Å². The van der Waals surface area contributed by atoms with E-state index in [9.17, 15) is 4.79 Å². The molecule has 1 rings (SSSR count). The van der Waals surface area contributed by atoms with E-state index in [0.29, 0.717) is 25.3 Å². The van der Waals surface area contributed by atoms with Gasteiger partial charge in [0.1, 0.15) is 0 Å². The molecule has 0 spiro atoms. The van der Waals surface area contributed by atoms with Crippen LogP contribution in [-0.2, 0) is 16.0 Å². The quantitative estimate of drug-likeness (QED) is 0.389. The lowest BCUT2D eigenvalue weighted by Crippen LogP contribution is -2.33. The normalized spacial score (nSPS) is 10.8. The van der Waals surface area contributed by atoms with Crippen molar-refractivity contribution >= 4 is 5.91 Å². The molecular formula is C14H23N3O3. The van der Waals surface area contributed by atoms with Gasteiger partial charge in [-0.15, -0.1) is 0 Å². The fourth-order valence-corrected chi connectivity index (χ4v) is 1.91. The zero-order chi connectivity index (χ0) is 14.8. The minimum absolute atomic E-state index is 0.279. The first kappa shape index (κ1) is 16.6. The summed E-state index contributed by atoms with van der Waals surface area (Å²) in [6.45, 7) is 3.47. The highest BCUT2D eigenvalue weighted by molar-refractivity contribution is 5.95. The summed E-state index contributed by atoms with van der Waals surface area (Å²) in [6.07, 6.45) is 0. The van der Waals surface area contributed by atoms with Gasteiger partial charge in [0.2, 0.25) is 0 Å². The number of nitrogens with two attached hydrogens (primary N) is 1. The van der Waals surface area contributed by atoms with Crippen LogP contribution in [0.2, 0.25) is 0 Å². The van der Waals surface area contributed by atoms with Gasteiger partial charge < -0.3 is 9.47 Å². The molecule has 0 unspecified atom stereocenters. The van der Waals surface area contributed by atoms with Crippen LogP contribution in [0.4, 0.5) is 0 Å². The van der Waals surface area contributed by atoms with E-state index < -0.39 is 0 Å². The van der Waals surface area contributed by atoms with Gasteiger partial charge in [-0.1, -0.05) is 18.2 Å². The van der Waals surface area contributed by atoms with Crippen LogP contribution in [0.15, 0.2) is 24.3 Å². The molecule has 0 saturated heterocycles. The Morgan fingerprint density at radius 3 is 2.35 bits per heavy atom. The van der Waals surface area contributed by atoms with Gasteiger partial charge in [-0.25, -0.2) is 5.84 Å². The summed E-state index contributed by atoms with van der Waals surface area (Å²) >= 11 is 0. The van der Waals surface area contributed by atoms with Crippen LogP contribution in [-0.4, -0.2) is 51.3 Å². The highest BCUT2D eigenvalue weighted by Gasteiger charge is 2.13. The summed E-state index contributed by atoms with van der Waals surface area (Å²) < 4.78 is 10.2. The van der Waals surface area contributed by atoms with E-state index >= 15 is 0 Å². The summed E-state index contributed by atoms with van der Waals surface area (Å²) in [5, 5.41) is 0. The molecule has 112 valence electrons. The van der Waals surface area contributed by atoms with Crippen LogP contribution in [0.1, 0.15) is 15.9 Å². The molecule has 1 amide bonds. The Hall–Kier alpha value is -1.47. The molecule has 0 radical (unpaired) electrons. The number of nitrogens with zero attached hydrogens (tertiary/aromatic N) is 1. The van der Waals surface area contributed by atoms with Crippen molar-refractivity contribution in [3.63, 3.8) is 0 Å². The maximum absolute atomic E-state index is 11.7. The topological polar surface area (TPSA) is 76.8 Å². The molecule has 0 bridgehead atoms. The predicted molar refractivity (Wildman–Crippen MR) is 77.1 cm³/mol. The van der Waals surface area contributed by atoms with Gasteiger partial charge in [0.05, 0.1) is 13.2 Å². The first-order valence-corrected chi connectivity index (χ1v) is 6.52. The maximum Gasteiger partial charge on any atom is 0.265 e. The second-order valence-corrected chi connectivity index (χ2v) is 4.39. The Morgan fingerprint density at radius 1 is 1.20 bits per heavy atom. The van der Waals surface area contributed by atoms with E-state index in [1.807, 2.05) is 18.2 Å². The summed E-state index contributed by atoms with van der Waals surface area (Å²) in [4.78, 5) is 13.9. The van der Waals surface area contributed by atoms with Crippen LogP contribution in [0.25, 0.3) is 0 Å². The van der Waals surface area contributed by atoms with Gasteiger partial charge in [0, 0.05) is 39.4 Å². The van der Waals surface area contributed by atoms with Crippen LogP contribution in [0.3, 0.4) is 0 Å². The van der Waals surface area contributed by atoms with Gasteiger partial charge in [-0.05, 0) is 11.6 Å². The van der Waals surface area contributed by atoms with Crippen molar-refractivity contribution in [2.75, 3.05) is 40.5 Å². The minimum atomic E-state index is -0.279. The Balaban J connectivity index is 2.78. The van der Waals surface area contributed by atoms with E-state index in [2.05, 4.69) is 10.3 Å². The highest BCUT2D eigenvalue weighted by atomic mass is 16.5. The summed E-state index contributed by atoms with van der Waals surface area (Å²) in [6, 6.07) is 7.43. The van der Waals surface area contributed by atoms with E-state index in [-0.39, 0.29) is 5.91 Å². The Labute approximate surface area is 119 Å². The smallest absolute Gasteiger partial charge is 0.265 e. The molecule has 20 heavy (non-hydrogen) atoms. The van der Waals surface area contributed by atoms with Crippen molar-refractivity contribution in [2.45, 2.75) is 6.54 Å². The fraction of sp³-hybridized carbons (Fsp3) is 0.500. The molecule has 0 aliphatic rings. The Bertz CT molecular complexity index is 404. The monoisotopic (exact) mass is 281 g/mol. The Morgan fingerprint density at radius 2 is 1.80 bits per heavy atom. The molecule has 0 aromatic heterocycles. The third-order valence-corrected chi connectivity index (χ3v) is 3.01. The molecular weight excluding hydrogens is 258 g/mol. The lowest BCUT2D eigenvalue weighted by atomic mass is 10.1. The van der Waals surface area contributed by atoms with Gasteiger partial charge in [0.25, 0.3) is 5.91 Å². The average Bonchev–Trinajstić information content (AvgIpc) is 2.49. The minimum Gasteiger partial charge on any atom is -0.383 e.